The van der Waals surface area contributed by atoms with Gasteiger partial charge in [-0.1, -0.05) is 6.07 Å². The van der Waals surface area contributed by atoms with Crippen LogP contribution < -0.4 is 9.04 Å². The second kappa shape index (κ2) is 5.28. The molecule has 0 saturated heterocycles. The molecule has 4 nitrogen and oxygen atoms in total. The summed E-state index contributed by atoms with van der Waals surface area (Å²) < 4.78 is 46.0. The second-order valence-electron chi connectivity index (χ2n) is 5.31. The van der Waals surface area contributed by atoms with E-state index in [2.05, 4.69) is 0 Å². The molecule has 0 bridgehead atoms. The van der Waals surface area contributed by atoms with E-state index in [0.717, 1.165) is 11.6 Å². The van der Waals surface area contributed by atoms with Crippen LogP contribution in [0.1, 0.15) is 11.1 Å². The SMILES string of the molecule is Cc1ccc2c(c1)N(S(=O)(=O)c1ccc(F)cc1C)CCO2. The van der Waals surface area contributed by atoms with Gasteiger partial charge in [0.05, 0.1) is 17.1 Å². The Kier molecular flexibility index (Phi) is 3.56. The maximum atomic E-state index is 13.2. The molecule has 1 aliphatic heterocycles. The molecular formula is C16H16FNO3S. The molecule has 0 N–H and O–H groups in total. The number of rotatable bonds is 2. The number of benzene rings is 2. The van der Waals surface area contributed by atoms with Gasteiger partial charge < -0.3 is 4.74 Å². The van der Waals surface area contributed by atoms with Gasteiger partial charge in [0.15, 0.2) is 0 Å². The summed E-state index contributed by atoms with van der Waals surface area (Å²) in [5.74, 6) is 0.0925. The fourth-order valence-corrected chi connectivity index (χ4v) is 4.23. The molecule has 0 atom stereocenters. The van der Waals surface area contributed by atoms with Crippen LogP contribution in [0.5, 0.6) is 5.75 Å². The van der Waals surface area contributed by atoms with Gasteiger partial charge in [-0.3, -0.25) is 4.31 Å². The zero-order chi connectivity index (χ0) is 15.9. The molecule has 6 heteroatoms. The highest BCUT2D eigenvalue weighted by Crippen LogP contribution is 2.36. The van der Waals surface area contributed by atoms with Crippen molar-refractivity contribution in [1.82, 2.24) is 0 Å². The summed E-state index contributed by atoms with van der Waals surface area (Å²) >= 11 is 0. The highest BCUT2D eigenvalue weighted by Gasteiger charge is 2.31. The highest BCUT2D eigenvalue weighted by molar-refractivity contribution is 7.92. The van der Waals surface area contributed by atoms with Gasteiger partial charge in [0.1, 0.15) is 18.2 Å². The molecular weight excluding hydrogens is 305 g/mol. The molecule has 0 spiro atoms. The van der Waals surface area contributed by atoms with Crippen molar-refractivity contribution in [3.05, 3.63) is 53.3 Å². The predicted octanol–water partition coefficient (Wildman–Crippen LogP) is 3.03. The summed E-state index contributed by atoms with van der Waals surface area (Å²) in [6, 6.07) is 9.12. The topological polar surface area (TPSA) is 46.6 Å². The van der Waals surface area contributed by atoms with Crippen molar-refractivity contribution in [2.45, 2.75) is 18.7 Å². The third kappa shape index (κ3) is 2.43. The molecule has 0 saturated carbocycles. The Morgan fingerprint density at radius 3 is 2.64 bits per heavy atom. The lowest BCUT2D eigenvalue weighted by Crippen LogP contribution is -2.38. The highest BCUT2D eigenvalue weighted by atomic mass is 32.2. The fourth-order valence-electron chi connectivity index (χ4n) is 2.57. The molecule has 0 radical (unpaired) electrons. The van der Waals surface area contributed by atoms with E-state index in [0.29, 0.717) is 17.0 Å². The van der Waals surface area contributed by atoms with Gasteiger partial charge in [-0.05, 0) is 55.3 Å². The third-order valence-electron chi connectivity index (χ3n) is 3.64. The van der Waals surface area contributed by atoms with Gasteiger partial charge >= 0.3 is 0 Å². The van der Waals surface area contributed by atoms with Crippen LogP contribution in [0.3, 0.4) is 0 Å². The Labute approximate surface area is 129 Å². The quantitative estimate of drug-likeness (QED) is 0.854. The zero-order valence-corrected chi connectivity index (χ0v) is 13.2. The predicted molar refractivity (Wildman–Crippen MR) is 82.3 cm³/mol. The van der Waals surface area contributed by atoms with Gasteiger partial charge in [-0.15, -0.1) is 0 Å². The molecule has 0 fully saturated rings. The monoisotopic (exact) mass is 321 g/mol. The minimum Gasteiger partial charge on any atom is -0.489 e. The number of halogens is 1. The first-order valence-electron chi connectivity index (χ1n) is 6.92. The van der Waals surface area contributed by atoms with Crippen LogP contribution >= 0.6 is 0 Å². The lowest BCUT2D eigenvalue weighted by atomic mass is 10.2. The summed E-state index contributed by atoms with van der Waals surface area (Å²) in [5.41, 5.74) is 1.86. The lowest BCUT2D eigenvalue weighted by Gasteiger charge is -2.31. The van der Waals surface area contributed by atoms with Crippen molar-refractivity contribution in [2.24, 2.45) is 0 Å². The van der Waals surface area contributed by atoms with E-state index in [9.17, 15) is 12.8 Å². The Balaban J connectivity index is 2.13. The van der Waals surface area contributed by atoms with E-state index >= 15 is 0 Å². The normalized spacial score (nSPS) is 14.4. The van der Waals surface area contributed by atoms with Gasteiger partial charge in [-0.25, -0.2) is 12.8 Å². The number of hydrogen-bond donors (Lipinski definition) is 0. The number of anilines is 1. The van der Waals surface area contributed by atoms with Crippen molar-refractivity contribution in [1.29, 1.82) is 0 Å². The molecule has 3 rings (SSSR count). The number of ether oxygens (including phenoxy) is 1. The van der Waals surface area contributed by atoms with Crippen molar-refractivity contribution < 1.29 is 17.5 Å². The number of hydrogen-bond acceptors (Lipinski definition) is 3. The molecule has 2 aromatic carbocycles. The summed E-state index contributed by atoms with van der Waals surface area (Å²) in [6.45, 7) is 4.00. The molecule has 0 amide bonds. The van der Waals surface area contributed by atoms with Gasteiger partial charge in [0.2, 0.25) is 0 Å². The maximum absolute atomic E-state index is 13.2. The minimum absolute atomic E-state index is 0.114. The molecule has 116 valence electrons. The standard InChI is InChI=1S/C16H16FNO3S/c1-11-3-5-15-14(9-11)18(7-8-21-15)22(19,20)16-6-4-13(17)10-12(16)2/h3-6,9-10H,7-8H2,1-2H3. The van der Waals surface area contributed by atoms with E-state index < -0.39 is 15.8 Å². The number of sulfonamides is 1. The number of nitrogens with zero attached hydrogens (tertiary/aromatic N) is 1. The van der Waals surface area contributed by atoms with E-state index in [1.807, 2.05) is 13.0 Å². The summed E-state index contributed by atoms with van der Waals surface area (Å²) in [7, 11) is -3.75. The summed E-state index contributed by atoms with van der Waals surface area (Å²) in [6.07, 6.45) is 0. The van der Waals surface area contributed by atoms with Gasteiger partial charge in [0, 0.05) is 0 Å². The maximum Gasteiger partial charge on any atom is 0.264 e. The third-order valence-corrected chi connectivity index (χ3v) is 5.61. The van der Waals surface area contributed by atoms with Crippen LogP contribution in [-0.2, 0) is 10.0 Å². The second-order valence-corrected chi connectivity index (χ2v) is 7.14. The first-order valence-corrected chi connectivity index (χ1v) is 8.36. The Hall–Kier alpha value is -2.08. The first kappa shape index (κ1) is 14.8. The smallest absolute Gasteiger partial charge is 0.264 e. The minimum atomic E-state index is -3.75. The van der Waals surface area contributed by atoms with Crippen LogP contribution in [0.4, 0.5) is 10.1 Å². The molecule has 2 aromatic rings. The van der Waals surface area contributed by atoms with Crippen molar-refractivity contribution in [3.8, 4) is 5.75 Å². The Morgan fingerprint density at radius 2 is 1.91 bits per heavy atom. The molecule has 1 heterocycles. The molecule has 22 heavy (non-hydrogen) atoms. The number of fused-ring (bicyclic) bond motifs is 1. The van der Waals surface area contributed by atoms with Crippen LogP contribution in [0.2, 0.25) is 0 Å². The van der Waals surface area contributed by atoms with E-state index in [-0.39, 0.29) is 18.0 Å². The van der Waals surface area contributed by atoms with Crippen molar-refractivity contribution in [3.63, 3.8) is 0 Å². The Bertz CT molecular complexity index is 833. The molecule has 0 unspecified atom stereocenters. The summed E-state index contributed by atoms with van der Waals surface area (Å²) in [5, 5.41) is 0. The summed E-state index contributed by atoms with van der Waals surface area (Å²) in [4.78, 5) is 0.114. The van der Waals surface area contributed by atoms with E-state index in [1.165, 1.54) is 16.4 Å². The van der Waals surface area contributed by atoms with Crippen LogP contribution in [0.15, 0.2) is 41.3 Å². The molecule has 0 aromatic heterocycles. The molecule has 1 aliphatic rings. The first-order chi connectivity index (χ1) is 10.4. The molecule has 0 aliphatic carbocycles. The van der Waals surface area contributed by atoms with Crippen LogP contribution in [0, 0.1) is 19.7 Å². The van der Waals surface area contributed by atoms with E-state index in [4.69, 9.17) is 4.74 Å². The lowest BCUT2D eigenvalue weighted by molar-refractivity contribution is 0.315. The van der Waals surface area contributed by atoms with Crippen LogP contribution in [-0.4, -0.2) is 21.6 Å². The van der Waals surface area contributed by atoms with Crippen molar-refractivity contribution >= 4 is 15.7 Å². The fraction of sp³-hybridized carbons (Fsp3) is 0.250. The average Bonchev–Trinajstić information content (AvgIpc) is 2.46. The van der Waals surface area contributed by atoms with Crippen LogP contribution in [0.25, 0.3) is 0 Å². The largest absolute Gasteiger partial charge is 0.489 e. The average molecular weight is 321 g/mol. The van der Waals surface area contributed by atoms with Gasteiger partial charge in [-0.2, -0.15) is 0 Å². The zero-order valence-electron chi connectivity index (χ0n) is 12.3. The Morgan fingerprint density at radius 1 is 1.14 bits per heavy atom. The number of aryl methyl sites for hydroxylation is 2. The van der Waals surface area contributed by atoms with Gasteiger partial charge in [0.25, 0.3) is 10.0 Å². The van der Waals surface area contributed by atoms with Crippen molar-refractivity contribution in [2.75, 3.05) is 17.5 Å². The van der Waals surface area contributed by atoms with E-state index in [1.54, 1.807) is 19.1 Å².